The third-order valence-corrected chi connectivity index (χ3v) is 7.82. The summed E-state index contributed by atoms with van der Waals surface area (Å²) in [7, 11) is -3.67. The van der Waals surface area contributed by atoms with Gasteiger partial charge in [0.05, 0.1) is 5.75 Å². The molecule has 0 aliphatic carbocycles. The lowest BCUT2D eigenvalue weighted by Gasteiger charge is -2.26. The molecule has 0 saturated carbocycles. The predicted octanol–water partition coefficient (Wildman–Crippen LogP) is 2.13. The molecule has 2 aromatic rings. The van der Waals surface area contributed by atoms with Crippen molar-refractivity contribution < 1.29 is 23.1 Å². The van der Waals surface area contributed by atoms with Crippen molar-refractivity contribution in [2.45, 2.75) is 37.9 Å². The second kappa shape index (κ2) is 8.50. The van der Waals surface area contributed by atoms with Crippen LogP contribution in [0.25, 0.3) is 11.4 Å². The Labute approximate surface area is 169 Å². The van der Waals surface area contributed by atoms with E-state index in [2.05, 4.69) is 20.5 Å². The van der Waals surface area contributed by atoms with E-state index in [1.807, 2.05) is 0 Å². The fraction of sp³-hybridized carbons (Fsp3) is 0.526. The first-order valence-electron chi connectivity index (χ1n) is 9.52. The SMILES string of the molecule is CC(C)(C(=O)Nc1nc(-c2ccc(O)cc2)n[nH]1)S(=O)(=O)CCC1CCOCC1. The molecule has 0 atom stereocenters. The van der Waals surface area contributed by atoms with E-state index >= 15 is 0 Å². The van der Waals surface area contributed by atoms with Crippen LogP contribution < -0.4 is 5.32 Å². The number of hydrogen-bond acceptors (Lipinski definition) is 7. The number of aromatic amines is 1. The van der Waals surface area contributed by atoms with Gasteiger partial charge in [-0.1, -0.05) is 0 Å². The molecule has 9 nitrogen and oxygen atoms in total. The summed E-state index contributed by atoms with van der Waals surface area (Å²) in [5.41, 5.74) is 0.642. The second-order valence-corrected chi connectivity index (χ2v) is 10.3. The van der Waals surface area contributed by atoms with E-state index in [4.69, 9.17) is 4.74 Å². The van der Waals surface area contributed by atoms with Crippen molar-refractivity contribution in [3.63, 3.8) is 0 Å². The van der Waals surface area contributed by atoms with Gasteiger partial charge in [0.25, 0.3) is 0 Å². The molecule has 0 radical (unpaired) electrons. The number of rotatable bonds is 7. The van der Waals surface area contributed by atoms with E-state index in [-0.39, 0.29) is 17.5 Å². The molecule has 29 heavy (non-hydrogen) atoms. The molecule has 3 N–H and O–H groups in total. The number of phenolic OH excluding ortho intramolecular Hbond substituents is 1. The van der Waals surface area contributed by atoms with E-state index in [9.17, 15) is 18.3 Å². The molecule has 158 valence electrons. The molecule has 1 fully saturated rings. The highest BCUT2D eigenvalue weighted by Crippen LogP contribution is 2.25. The summed E-state index contributed by atoms with van der Waals surface area (Å²) in [6.07, 6.45) is 2.22. The van der Waals surface area contributed by atoms with Crippen LogP contribution in [0.15, 0.2) is 24.3 Å². The van der Waals surface area contributed by atoms with Crippen LogP contribution in [0, 0.1) is 5.92 Å². The molecule has 0 unspecified atom stereocenters. The van der Waals surface area contributed by atoms with Crippen LogP contribution in [0.3, 0.4) is 0 Å². The fourth-order valence-corrected chi connectivity index (χ4v) is 4.56. The van der Waals surface area contributed by atoms with Crippen LogP contribution in [0.1, 0.15) is 33.1 Å². The topological polar surface area (TPSA) is 134 Å². The van der Waals surface area contributed by atoms with Crippen LogP contribution in [0.4, 0.5) is 5.95 Å². The largest absolute Gasteiger partial charge is 0.508 e. The minimum absolute atomic E-state index is 0.0484. The lowest BCUT2D eigenvalue weighted by molar-refractivity contribution is -0.117. The number of phenols is 1. The number of amides is 1. The molecule has 1 aromatic heterocycles. The van der Waals surface area contributed by atoms with Crippen molar-refractivity contribution in [2.75, 3.05) is 24.3 Å². The second-order valence-electron chi connectivity index (χ2n) is 7.68. The third-order valence-electron chi connectivity index (χ3n) is 5.30. The Kier molecular flexibility index (Phi) is 6.23. The maximum atomic E-state index is 12.8. The molecule has 3 rings (SSSR count). The number of carbonyl (C=O) groups is 1. The van der Waals surface area contributed by atoms with Crippen LogP contribution in [0.2, 0.25) is 0 Å². The monoisotopic (exact) mass is 422 g/mol. The standard InChI is InChI=1S/C19H26N4O5S/c1-19(2,29(26,27)12-9-13-7-10-28-11-8-13)17(25)21-18-20-16(22-23-18)14-3-5-15(24)6-4-14/h3-6,13,24H,7-12H2,1-2H3,(H2,20,21,22,23,25). The van der Waals surface area contributed by atoms with Gasteiger partial charge in [-0.05, 0) is 63.3 Å². The normalized spacial score (nSPS) is 15.9. The van der Waals surface area contributed by atoms with E-state index < -0.39 is 20.5 Å². The number of ether oxygens (including phenoxy) is 1. The number of sulfone groups is 1. The van der Waals surface area contributed by atoms with Crippen molar-refractivity contribution in [1.29, 1.82) is 0 Å². The van der Waals surface area contributed by atoms with E-state index in [1.165, 1.54) is 26.0 Å². The lowest BCUT2D eigenvalue weighted by atomic mass is 9.98. The predicted molar refractivity (Wildman–Crippen MR) is 108 cm³/mol. The lowest BCUT2D eigenvalue weighted by Crippen LogP contribution is -2.46. The number of H-pyrrole nitrogens is 1. The van der Waals surface area contributed by atoms with Gasteiger partial charge in [-0.2, -0.15) is 10.1 Å². The molecule has 1 amide bonds. The van der Waals surface area contributed by atoms with Gasteiger partial charge in [-0.3, -0.25) is 10.1 Å². The van der Waals surface area contributed by atoms with Crippen LogP contribution in [-0.2, 0) is 19.4 Å². The van der Waals surface area contributed by atoms with Crippen molar-refractivity contribution in [1.82, 2.24) is 15.2 Å². The minimum Gasteiger partial charge on any atom is -0.508 e. The summed E-state index contributed by atoms with van der Waals surface area (Å²) < 4.78 is 29.3. The molecule has 1 aliphatic heterocycles. The van der Waals surface area contributed by atoms with Gasteiger partial charge < -0.3 is 9.84 Å². The zero-order valence-corrected chi connectivity index (χ0v) is 17.3. The number of benzene rings is 1. The summed E-state index contributed by atoms with van der Waals surface area (Å²) in [5, 5.41) is 18.5. The highest BCUT2D eigenvalue weighted by Gasteiger charge is 2.42. The molecule has 10 heteroatoms. The number of nitrogens with one attached hydrogen (secondary N) is 2. The van der Waals surface area contributed by atoms with Crippen LogP contribution in [-0.4, -0.2) is 58.3 Å². The third kappa shape index (κ3) is 4.94. The van der Waals surface area contributed by atoms with Gasteiger partial charge in [0.1, 0.15) is 10.5 Å². The summed E-state index contributed by atoms with van der Waals surface area (Å²) >= 11 is 0. The highest BCUT2D eigenvalue weighted by atomic mass is 32.2. The minimum atomic E-state index is -3.67. The zero-order valence-electron chi connectivity index (χ0n) is 16.5. The molecule has 0 bridgehead atoms. The Hall–Kier alpha value is -2.46. The average molecular weight is 423 g/mol. The van der Waals surface area contributed by atoms with Crippen molar-refractivity contribution in [3.05, 3.63) is 24.3 Å². The van der Waals surface area contributed by atoms with Gasteiger partial charge in [-0.25, -0.2) is 13.5 Å². The fourth-order valence-electron chi connectivity index (χ4n) is 3.07. The summed E-state index contributed by atoms with van der Waals surface area (Å²) in [5.74, 6) is 0.0851. The summed E-state index contributed by atoms with van der Waals surface area (Å²) in [4.78, 5) is 16.9. The van der Waals surface area contributed by atoms with E-state index in [0.717, 1.165) is 12.8 Å². The Morgan fingerprint density at radius 2 is 1.93 bits per heavy atom. The van der Waals surface area contributed by atoms with E-state index in [1.54, 1.807) is 12.1 Å². The van der Waals surface area contributed by atoms with Gasteiger partial charge in [0.2, 0.25) is 11.9 Å². The smallest absolute Gasteiger partial charge is 0.247 e. The molecule has 1 aliphatic rings. The van der Waals surface area contributed by atoms with Gasteiger partial charge in [0.15, 0.2) is 15.7 Å². The number of carbonyl (C=O) groups excluding carboxylic acids is 1. The quantitative estimate of drug-likeness (QED) is 0.622. The Morgan fingerprint density at radius 3 is 2.59 bits per heavy atom. The zero-order chi connectivity index (χ0) is 21.1. The maximum Gasteiger partial charge on any atom is 0.247 e. The van der Waals surface area contributed by atoms with Crippen LogP contribution >= 0.6 is 0 Å². The maximum absolute atomic E-state index is 12.8. The molecule has 0 spiro atoms. The van der Waals surface area contributed by atoms with Gasteiger partial charge >= 0.3 is 0 Å². The molecule has 1 saturated heterocycles. The van der Waals surface area contributed by atoms with Gasteiger partial charge in [-0.15, -0.1) is 0 Å². The first kappa shape index (κ1) is 21.3. The number of hydrogen-bond donors (Lipinski definition) is 3. The highest BCUT2D eigenvalue weighted by molar-refractivity contribution is 7.93. The van der Waals surface area contributed by atoms with Crippen molar-refractivity contribution in [2.24, 2.45) is 5.92 Å². The summed E-state index contributed by atoms with van der Waals surface area (Å²) in [6, 6.07) is 6.26. The Balaban J connectivity index is 1.64. The van der Waals surface area contributed by atoms with Crippen LogP contribution in [0.5, 0.6) is 5.75 Å². The Morgan fingerprint density at radius 1 is 1.28 bits per heavy atom. The number of nitrogens with zero attached hydrogens (tertiary/aromatic N) is 2. The van der Waals surface area contributed by atoms with E-state index in [0.29, 0.717) is 36.9 Å². The first-order chi connectivity index (χ1) is 13.7. The van der Waals surface area contributed by atoms with Crippen molar-refractivity contribution >= 4 is 21.7 Å². The summed E-state index contributed by atoms with van der Waals surface area (Å²) in [6.45, 7) is 4.12. The van der Waals surface area contributed by atoms with Crippen molar-refractivity contribution in [3.8, 4) is 17.1 Å². The molecular formula is C19H26N4O5S. The number of aromatic hydroxyl groups is 1. The molecule has 2 heterocycles. The number of aromatic nitrogens is 3. The molecular weight excluding hydrogens is 396 g/mol. The van der Waals surface area contributed by atoms with Gasteiger partial charge in [0, 0.05) is 18.8 Å². The first-order valence-corrected chi connectivity index (χ1v) is 11.2. The molecule has 1 aromatic carbocycles. The Bertz CT molecular complexity index is 947. The average Bonchev–Trinajstić information content (AvgIpc) is 3.16. The number of anilines is 1.